The zero-order valence-corrected chi connectivity index (χ0v) is 23.7. The van der Waals surface area contributed by atoms with Gasteiger partial charge in [-0.15, -0.1) is 0 Å². The van der Waals surface area contributed by atoms with Crippen molar-refractivity contribution < 1.29 is 14.4 Å². The highest BCUT2D eigenvalue weighted by atomic mass is 16.2. The smallest absolute Gasteiger partial charge is 0.246 e. The van der Waals surface area contributed by atoms with E-state index in [-0.39, 0.29) is 35.5 Å². The molecule has 2 amide bonds. The van der Waals surface area contributed by atoms with Crippen LogP contribution < -0.4 is 5.73 Å². The molecule has 4 aliphatic carbocycles. The van der Waals surface area contributed by atoms with E-state index in [1.165, 1.54) is 43.4 Å². The van der Waals surface area contributed by atoms with Crippen LogP contribution in [0.1, 0.15) is 90.5 Å². The van der Waals surface area contributed by atoms with E-state index in [4.69, 9.17) is 5.73 Å². The Morgan fingerprint density at radius 3 is 2.42 bits per heavy atom. The number of imide groups is 1. The largest absolute Gasteiger partial charge is 0.320 e. The molecule has 0 spiro atoms. The zero-order valence-electron chi connectivity index (χ0n) is 23.7. The van der Waals surface area contributed by atoms with Gasteiger partial charge in [0.2, 0.25) is 11.8 Å². The lowest BCUT2D eigenvalue weighted by atomic mass is 9.44. The van der Waals surface area contributed by atoms with Crippen molar-refractivity contribution in [3.63, 3.8) is 0 Å². The van der Waals surface area contributed by atoms with Crippen LogP contribution in [0.3, 0.4) is 0 Å². The van der Waals surface area contributed by atoms with Crippen LogP contribution in [-0.4, -0.2) is 52.6 Å². The number of carbonyl (C=O) groups excluding carboxylic acids is 3. The topological polar surface area (TPSA) is 83.7 Å². The number of benzene rings is 1. The molecule has 6 rings (SSSR count). The Morgan fingerprint density at radius 2 is 1.79 bits per heavy atom. The lowest BCUT2D eigenvalue weighted by Crippen LogP contribution is -2.54. The predicted molar refractivity (Wildman–Crippen MR) is 149 cm³/mol. The van der Waals surface area contributed by atoms with Crippen molar-refractivity contribution in [1.82, 2.24) is 9.80 Å². The molecule has 2 N–H and O–H groups in total. The molecule has 4 bridgehead atoms. The second kappa shape index (κ2) is 10.8. The monoisotopic (exact) mass is 521 g/mol. The lowest BCUT2D eigenvalue weighted by Gasteiger charge is -2.61. The number of hydrogen-bond acceptors (Lipinski definition) is 5. The second-order valence-corrected chi connectivity index (χ2v) is 13.8. The summed E-state index contributed by atoms with van der Waals surface area (Å²) in [6, 6.07) is 8.47. The van der Waals surface area contributed by atoms with E-state index in [0.717, 1.165) is 36.8 Å². The third-order valence-corrected chi connectivity index (χ3v) is 10.3. The maximum atomic E-state index is 13.9. The first kappa shape index (κ1) is 27.5. The van der Waals surface area contributed by atoms with Crippen LogP contribution in [0.25, 0.3) is 0 Å². The molecule has 0 radical (unpaired) electrons. The second-order valence-electron chi connectivity index (χ2n) is 13.8. The summed E-state index contributed by atoms with van der Waals surface area (Å²) in [5.74, 6) is 1.33. The molecular formula is C32H47N3O3. The summed E-state index contributed by atoms with van der Waals surface area (Å²) in [4.78, 5) is 44.4. The maximum absolute atomic E-state index is 13.9. The van der Waals surface area contributed by atoms with Crippen molar-refractivity contribution in [2.75, 3.05) is 13.1 Å². The Labute approximate surface area is 228 Å². The zero-order chi connectivity index (χ0) is 27.1. The van der Waals surface area contributed by atoms with Crippen molar-refractivity contribution in [3.05, 3.63) is 35.9 Å². The lowest BCUT2D eigenvalue weighted by molar-refractivity contribution is -0.150. The van der Waals surface area contributed by atoms with Crippen LogP contribution in [0.5, 0.6) is 0 Å². The van der Waals surface area contributed by atoms with Gasteiger partial charge in [-0.3, -0.25) is 24.2 Å². The van der Waals surface area contributed by atoms with Crippen molar-refractivity contribution in [1.29, 1.82) is 0 Å². The molecule has 5 aliphatic rings. The van der Waals surface area contributed by atoms with Gasteiger partial charge >= 0.3 is 0 Å². The summed E-state index contributed by atoms with van der Waals surface area (Å²) in [5.41, 5.74) is 7.84. The first-order valence-electron chi connectivity index (χ1n) is 15.0. The van der Waals surface area contributed by atoms with E-state index in [1.54, 1.807) is 0 Å². The molecule has 2 unspecified atom stereocenters. The van der Waals surface area contributed by atoms with Gasteiger partial charge < -0.3 is 5.73 Å². The minimum absolute atomic E-state index is 0.0167. The summed E-state index contributed by atoms with van der Waals surface area (Å²) in [7, 11) is 0. The molecule has 1 aromatic carbocycles. The van der Waals surface area contributed by atoms with Gasteiger partial charge in [0.05, 0.1) is 25.2 Å². The predicted octanol–water partition coefficient (Wildman–Crippen LogP) is 4.95. The van der Waals surface area contributed by atoms with Crippen LogP contribution in [0.2, 0.25) is 0 Å². The molecule has 208 valence electrons. The number of nitrogens with zero attached hydrogens (tertiary/aromatic N) is 2. The van der Waals surface area contributed by atoms with Gasteiger partial charge in [-0.25, -0.2) is 0 Å². The molecular weight excluding hydrogens is 474 g/mol. The van der Waals surface area contributed by atoms with Crippen molar-refractivity contribution in [3.8, 4) is 0 Å². The first-order chi connectivity index (χ1) is 18.1. The Bertz CT molecular complexity index is 1030. The molecule has 0 aromatic heterocycles. The fourth-order valence-electron chi connectivity index (χ4n) is 9.02. The number of nitrogens with two attached hydrogens (primary N) is 1. The SMILES string of the molecule is CC[C@H](C)[C@H](N)C(=O)N(Cc1ccccc1)C(=O)[C@@H]1CCCN1CC(=O)CC12CC3CC(CC(C)(C3)C1)C2. The molecule has 1 aliphatic heterocycles. The number of Topliss-reactive ketones (excluding diaryl/α,β-unsaturated/α-hetero) is 1. The molecule has 5 fully saturated rings. The standard InChI is InChI=1S/C32H47N3O3/c1-4-22(2)28(33)30(38)35(19-23-9-6-5-7-10-23)29(37)27-11-8-12-34(27)20-26(36)18-32-16-24-13-25(17-32)15-31(3,14-24)21-32/h5-7,9-10,22,24-25,27-28H,4,8,11-21,33H2,1-3H3/t22-,24?,25?,27-,28-,31?,32?/m0/s1. The van der Waals surface area contributed by atoms with Crippen molar-refractivity contribution >= 4 is 17.6 Å². The number of hydrogen-bond donors (Lipinski definition) is 1. The molecule has 1 heterocycles. The van der Waals surface area contributed by atoms with Crippen LogP contribution >= 0.6 is 0 Å². The third-order valence-electron chi connectivity index (χ3n) is 10.3. The molecule has 6 nitrogen and oxygen atoms in total. The van der Waals surface area contributed by atoms with E-state index >= 15 is 0 Å². The summed E-state index contributed by atoms with van der Waals surface area (Å²) < 4.78 is 0. The number of amides is 2. The highest BCUT2D eigenvalue weighted by Crippen LogP contribution is 2.66. The van der Waals surface area contributed by atoms with Crippen LogP contribution in [0.15, 0.2) is 30.3 Å². The fourth-order valence-corrected chi connectivity index (χ4v) is 9.02. The van der Waals surface area contributed by atoms with Crippen molar-refractivity contribution in [2.45, 2.75) is 104 Å². The van der Waals surface area contributed by atoms with Gasteiger partial charge in [0.25, 0.3) is 0 Å². The molecule has 1 aromatic rings. The van der Waals surface area contributed by atoms with Crippen molar-refractivity contribution in [2.24, 2.45) is 34.3 Å². The molecule has 38 heavy (non-hydrogen) atoms. The normalized spacial score (nSPS) is 33.7. The summed E-state index contributed by atoms with van der Waals surface area (Å²) in [6.07, 6.45) is 10.6. The van der Waals surface area contributed by atoms with Crippen LogP contribution in [-0.2, 0) is 20.9 Å². The van der Waals surface area contributed by atoms with E-state index in [9.17, 15) is 14.4 Å². The Hall–Kier alpha value is -2.05. The first-order valence-corrected chi connectivity index (χ1v) is 15.0. The molecule has 1 saturated heterocycles. The average Bonchev–Trinajstić information content (AvgIpc) is 3.32. The number of carbonyl (C=O) groups is 3. The Morgan fingerprint density at radius 1 is 1.11 bits per heavy atom. The Balaban J connectivity index is 1.28. The quantitative estimate of drug-likeness (QED) is 0.471. The fraction of sp³-hybridized carbons (Fsp3) is 0.719. The van der Waals surface area contributed by atoms with Gasteiger partial charge in [0, 0.05) is 6.42 Å². The number of likely N-dealkylation sites (tertiary alicyclic amines) is 1. The minimum atomic E-state index is -0.721. The van der Waals surface area contributed by atoms with E-state index in [1.807, 2.05) is 49.1 Å². The van der Waals surface area contributed by atoms with Gasteiger partial charge in [0.15, 0.2) is 0 Å². The van der Waals surface area contributed by atoms with Gasteiger partial charge in [-0.2, -0.15) is 0 Å². The average molecular weight is 522 g/mol. The Kier molecular flexibility index (Phi) is 7.85. The van der Waals surface area contributed by atoms with E-state index in [2.05, 4.69) is 6.92 Å². The molecule has 6 heteroatoms. The molecule has 5 atom stereocenters. The van der Waals surface area contributed by atoms with E-state index in [0.29, 0.717) is 24.8 Å². The summed E-state index contributed by atoms with van der Waals surface area (Å²) in [6.45, 7) is 7.67. The number of ketones is 1. The van der Waals surface area contributed by atoms with Gasteiger partial charge in [-0.1, -0.05) is 57.5 Å². The van der Waals surface area contributed by atoms with Crippen LogP contribution in [0, 0.1) is 28.6 Å². The van der Waals surface area contributed by atoms with E-state index < -0.39 is 12.1 Å². The highest BCUT2D eigenvalue weighted by molar-refractivity contribution is 6.00. The maximum Gasteiger partial charge on any atom is 0.246 e. The number of rotatable bonds is 10. The molecule has 4 saturated carbocycles. The van der Waals surface area contributed by atoms with Crippen LogP contribution in [0.4, 0.5) is 0 Å². The summed E-state index contributed by atoms with van der Waals surface area (Å²) in [5, 5.41) is 0. The highest BCUT2D eigenvalue weighted by Gasteiger charge is 2.56. The van der Waals surface area contributed by atoms with Gasteiger partial charge in [-0.05, 0) is 92.1 Å². The summed E-state index contributed by atoms with van der Waals surface area (Å²) >= 11 is 0. The minimum Gasteiger partial charge on any atom is -0.320 e. The third kappa shape index (κ3) is 5.62. The van der Waals surface area contributed by atoms with Gasteiger partial charge in [0.1, 0.15) is 5.78 Å².